The normalized spacial score (nSPS) is 11.5. The van der Waals surface area contributed by atoms with Crippen LogP contribution in [-0.4, -0.2) is 17.1 Å². The van der Waals surface area contributed by atoms with Crippen molar-refractivity contribution in [2.24, 2.45) is 0 Å². The van der Waals surface area contributed by atoms with Gasteiger partial charge in [-0.1, -0.05) is 42.5 Å². The van der Waals surface area contributed by atoms with Gasteiger partial charge in [-0.15, -0.1) is 11.8 Å². The van der Waals surface area contributed by atoms with Crippen LogP contribution in [-0.2, 0) is 4.79 Å². The molecular weight excluding hydrogens is 368 g/mol. The number of hydrogen-bond acceptors (Lipinski definition) is 3. The molecule has 0 saturated carbocycles. The molecule has 5 heteroatoms. The van der Waals surface area contributed by atoms with E-state index >= 15 is 0 Å². The Kier molecular flexibility index (Phi) is 6.50. The van der Waals surface area contributed by atoms with Crippen molar-refractivity contribution in [1.29, 1.82) is 0 Å². The van der Waals surface area contributed by atoms with Crippen molar-refractivity contribution in [1.82, 2.24) is 0 Å². The summed E-state index contributed by atoms with van der Waals surface area (Å²) < 4.78 is 0. The minimum atomic E-state index is -0.275. The zero-order valence-corrected chi connectivity index (χ0v) is 16.6. The molecule has 1 atom stereocenters. The number of hydrogen-bond donors (Lipinski definition) is 2. The summed E-state index contributed by atoms with van der Waals surface area (Å²) in [4.78, 5) is 25.8. The number of benzene rings is 3. The van der Waals surface area contributed by atoms with Crippen LogP contribution in [0.4, 0.5) is 11.4 Å². The molecule has 0 aliphatic heterocycles. The van der Waals surface area contributed by atoms with Crippen LogP contribution in [0.1, 0.15) is 22.8 Å². The Hall–Kier alpha value is -3.05. The van der Waals surface area contributed by atoms with E-state index in [0.717, 1.165) is 16.1 Å². The number of amides is 2. The van der Waals surface area contributed by atoms with Crippen LogP contribution in [0.15, 0.2) is 83.8 Å². The van der Waals surface area contributed by atoms with E-state index in [1.54, 1.807) is 6.07 Å². The van der Waals surface area contributed by atoms with Crippen LogP contribution >= 0.6 is 11.8 Å². The topological polar surface area (TPSA) is 58.2 Å². The molecule has 0 aliphatic carbocycles. The Balaban J connectivity index is 1.63. The Bertz CT molecular complexity index is 973. The number of anilines is 2. The molecule has 3 aromatic rings. The lowest BCUT2D eigenvalue weighted by molar-refractivity contribution is -0.115. The highest BCUT2D eigenvalue weighted by atomic mass is 32.2. The molecule has 0 radical (unpaired) electrons. The van der Waals surface area contributed by atoms with Gasteiger partial charge in [0.2, 0.25) is 5.91 Å². The molecule has 2 amide bonds. The molecule has 0 aromatic heterocycles. The fourth-order valence-electron chi connectivity index (χ4n) is 2.70. The summed E-state index contributed by atoms with van der Waals surface area (Å²) in [6.07, 6.45) is 0. The number of carbonyl (C=O) groups is 2. The van der Waals surface area contributed by atoms with Crippen LogP contribution in [0, 0.1) is 6.92 Å². The Morgan fingerprint density at radius 2 is 1.50 bits per heavy atom. The van der Waals surface area contributed by atoms with Crippen LogP contribution in [0.5, 0.6) is 0 Å². The number of carbonyl (C=O) groups excluding carboxylic acids is 2. The van der Waals surface area contributed by atoms with Crippen LogP contribution < -0.4 is 10.6 Å². The van der Waals surface area contributed by atoms with Gasteiger partial charge in [0.05, 0.1) is 5.25 Å². The van der Waals surface area contributed by atoms with E-state index in [1.807, 2.05) is 86.6 Å². The van der Waals surface area contributed by atoms with Gasteiger partial charge in [0.25, 0.3) is 5.91 Å². The minimum absolute atomic E-state index is 0.0643. The molecule has 0 bridgehead atoms. The van der Waals surface area contributed by atoms with Crippen molar-refractivity contribution in [2.75, 3.05) is 10.6 Å². The summed E-state index contributed by atoms with van der Waals surface area (Å²) >= 11 is 1.45. The van der Waals surface area contributed by atoms with Gasteiger partial charge in [0, 0.05) is 21.8 Å². The summed E-state index contributed by atoms with van der Waals surface area (Å²) in [5, 5.41) is 5.56. The van der Waals surface area contributed by atoms with Gasteiger partial charge in [-0.05, 0) is 55.8 Å². The van der Waals surface area contributed by atoms with Crippen molar-refractivity contribution < 1.29 is 9.59 Å². The highest BCUT2D eigenvalue weighted by molar-refractivity contribution is 8.00. The Labute approximate surface area is 169 Å². The second-order valence-electron chi connectivity index (χ2n) is 6.41. The van der Waals surface area contributed by atoms with Crippen molar-refractivity contribution in [2.45, 2.75) is 24.0 Å². The number of rotatable bonds is 6. The van der Waals surface area contributed by atoms with E-state index in [0.29, 0.717) is 11.3 Å². The first-order valence-electron chi connectivity index (χ1n) is 9.02. The predicted octanol–water partition coefficient (Wildman–Crippen LogP) is 5.37. The monoisotopic (exact) mass is 390 g/mol. The van der Waals surface area contributed by atoms with Gasteiger partial charge in [-0.25, -0.2) is 0 Å². The molecule has 0 heterocycles. The molecule has 2 N–H and O–H groups in total. The quantitative estimate of drug-likeness (QED) is 0.557. The zero-order valence-electron chi connectivity index (χ0n) is 15.8. The van der Waals surface area contributed by atoms with E-state index in [-0.39, 0.29) is 17.1 Å². The highest BCUT2D eigenvalue weighted by Crippen LogP contribution is 2.27. The molecule has 0 saturated heterocycles. The minimum Gasteiger partial charge on any atom is -0.325 e. The number of para-hydroxylation sites is 1. The zero-order chi connectivity index (χ0) is 19.9. The number of thioether (sulfide) groups is 1. The number of aryl methyl sites for hydroxylation is 1. The average molecular weight is 391 g/mol. The van der Waals surface area contributed by atoms with Gasteiger partial charge in [-0.2, -0.15) is 0 Å². The third kappa shape index (κ3) is 5.24. The number of nitrogens with one attached hydrogen (secondary N) is 2. The summed E-state index contributed by atoms with van der Waals surface area (Å²) in [6.45, 7) is 3.77. The fraction of sp³-hybridized carbons (Fsp3) is 0.130. The smallest absolute Gasteiger partial charge is 0.255 e. The SMILES string of the molecule is Cc1ccccc1C(=O)Nc1cccc(SC(C)C(=O)Nc2ccccc2)c1. The molecule has 0 fully saturated rings. The molecule has 0 spiro atoms. The van der Waals surface area contributed by atoms with Crippen molar-refractivity contribution in [3.8, 4) is 0 Å². The van der Waals surface area contributed by atoms with E-state index in [9.17, 15) is 9.59 Å². The maximum Gasteiger partial charge on any atom is 0.255 e. The average Bonchev–Trinajstić information content (AvgIpc) is 2.69. The standard InChI is InChI=1S/C23H22N2O2S/c1-16-9-6-7-14-21(16)23(27)25-19-12-8-13-20(15-19)28-17(2)22(26)24-18-10-4-3-5-11-18/h3-15,17H,1-2H3,(H,24,26)(H,25,27). The van der Waals surface area contributed by atoms with Crippen LogP contribution in [0.25, 0.3) is 0 Å². The van der Waals surface area contributed by atoms with E-state index in [2.05, 4.69) is 10.6 Å². The Morgan fingerprint density at radius 1 is 0.821 bits per heavy atom. The van der Waals surface area contributed by atoms with E-state index in [1.165, 1.54) is 11.8 Å². The van der Waals surface area contributed by atoms with Gasteiger partial charge in [0.15, 0.2) is 0 Å². The molecule has 28 heavy (non-hydrogen) atoms. The first kappa shape index (κ1) is 19.7. The third-order valence-corrected chi connectivity index (χ3v) is 5.30. The lowest BCUT2D eigenvalue weighted by atomic mass is 10.1. The molecule has 142 valence electrons. The maximum absolute atomic E-state index is 12.5. The lowest BCUT2D eigenvalue weighted by Gasteiger charge is -2.13. The fourth-order valence-corrected chi connectivity index (χ4v) is 3.62. The molecule has 1 unspecified atom stereocenters. The summed E-state index contributed by atoms with van der Waals surface area (Å²) in [5.41, 5.74) is 3.06. The largest absolute Gasteiger partial charge is 0.325 e. The highest BCUT2D eigenvalue weighted by Gasteiger charge is 2.15. The summed E-state index contributed by atoms with van der Waals surface area (Å²) in [7, 11) is 0. The predicted molar refractivity (Wildman–Crippen MR) is 116 cm³/mol. The molecule has 0 aliphatic rings. The van der Waals surface area contributed by atoms with Gasteiger partial charge < -0.3 is 10.6 Å². The van der Waals surface area contributed by atoms with Crippen molar-refractivity contribution in [3.63, 3.8) is 0 Å². The van der Waals surface area contributed by atoms with E-state index < -0.39 is 0 Å². The maximum atomic E-state index is 12.5. The first-order valence-corrected chi connectivity index (χ1v) is 9.90. The molecule has 3 rings (SSSR count). The summed E-state index contributed by atoms with van der Waals surface area (Å²) in [6, 6.07) is 24.4. The molecule has 3 aromatic carbocycles. The second-order valence-corrected chi connectivity index (χ2v) is 7.83. The third-order valence-electron chi connectivity index (χ3n) is 4.21. The second kappa shape index (κ2) is 9.24. The lowest BCUT2D eigenvalue weighted by Crippen LogP contribution is -2.22. The van der Waals surface area contributed by atoms with Crippen molar-refractivity contribution in [3.05, 3.63) is 90.0 Å². The summed E-state index contributed by atoms with van der Waals surface area (Å²) in [5.74, 6) is -0.208. The van der Waals surface area contributed by atoms with Gasteiger partial charge in [-0.3, -0.25) is 9.59 Å². The van der Waals surface area contributed by atoms with Crippen LogP contribution in [0.3, 0.4) is 0 Å². The van der Waals surface area contributed by atoms with Crippen LogP contribution in [0.2, 0.25) is 0 Å². The molecule has 4 nitrogen and oxygen atoms in total. The van der Waals surface area contributed by atoms with E-state index in [4.69, 9.17) is 0 Å². The Morgan fingerprint density at radius 3 is 2.25 bits per heavy atom. The van der Waals surface area contributed by atoms with Gasteiger partial charge >= 0.3 is 0 Å². The van der Waals surface area contributed by atoms with Crippen molar-refractivity contribution >= 4 is 35.0 Å². The molecular formula is C23H22N2O2S. The first-order chi connectivity index (χ1) is 13.5. The van der Waals surface area contributed by atoms with Gasteiger partial charge in [0.1, 0.15) is 0 Å².